The first-order valence-electron chi connectivity index (χ1n) is 8.65. The van der Waals surface area contributed by atoms with Crippen LogP contribution in [0.4, 0.5) is 11.4 Å². The highest BCUT2D eigenvalue weighted by molar-refractivity contribution is 5.35. The van der Waals surface area contributed by atoms with Gasteiger partial charge in [0.05, 0.1) is 9.85 Å². The molecule has 2 saturated heterocycles. The van der Waals surface area contributed by atoms with E-state index in [0.29, 0.717) is 0 Å². The normalized spacial score (nSPS) is 28.8. The first-order valence-corrected chi connectivity index (χ1v) is 8.65. The first-order chi connectivity index (χ1) is 13.4. The van der Waals surface area contributed by atoms with Crippen LogP contribution in [0.5, 0.6) is 0 Å². The zero-order valence-corrected chi connectivity index (χ0v) is 14.7. The van der Waals surface area contributed by atoms with E-state index in [-0.39, 0.29) is 31.2 Å². The average Bonchev–Trinajstić information content (AvgIpc) is 3.26. The van der Waals surface area contributed by atoms with Crippen molar-refractivity contribution in [2.45, 2.75) is 18.0 Å². The van der Waals surface area contributed by atoms with Crippen molar-refractivity contribution in [2.75, 3.05) is 19.8 Å². The third-order valence-electron chi connectivity index (χ3n) is 5.35. The molecule has 2 aromatic carbocycles. The molecule has 2 aliphatic heterocycles. The maximum absolute atomic E-state index is 10.9. The van der Waals surface area contributed by atoms with E-state index in [4.69, 9.17) is 9.47 Å². The van der Waals surface area contributed by atoms with Gasteiger partial charge in [0.1, 0.15) is 19.8 Å². The maximum Gasteiger partial charge on any atom is 0.269 e. The van der Waals surface area contributed by atoms with E-state index < -0.39 is 27.8 Å². The van der Waals surface area contributed by atoms with Crippen LogP contribution < -0.4 is 4.90 Å². The minimum Gasteiger partial charge on any atom is -0.390 e. The van der Waals surface area contributed by atoms with Crippen molar-refractivity contribution in [1.82, 2.24) is 0 Å². The fourth-order valence-corrected chi connectivity index (χ4v) is 3.84. The molecule has 2 heterocycles. The molecule has 10 heteroatoms. The topological polar surface area (TPSA) is 129 Å². The Hall–Kier alpha value is -2.92. The molecule has 10 nitrogen and oxygen atoms in total. The molecule has 0 aliphatic carbocycles. The molecular formula is C18H18N3O7+. The van der Waals surface area contributed by atoms with Crippen LogP contribution in [0.1, 0.15) is 23.6 Å². The quantitative estimate of drug-likeness (QED) is 0.574. The van der Waals surface area contributed by atoms with Gasteiger partial charge in [0, 0.05) is 35.4 Å². The average molecular weight is 388 g/mol. The third-order valence-corrected chi connectivity index (χ3v) is 5.35. The highest BCUT2D eigenvalue weighted by atomic mass is 16.6. The highest BCUT2D eigenvalue weighted by Gasteiger charge is 2.61. The Kier molecular flexibility index (Phi) is 4.55. The van der Waals surface area contributed by atoms with Crippen LogP contribution in [0.2, 0.25) is 0 Å². The molecule has 2 fully saturated rings. The number of nitro groups is 2. The van der Waals surface area contributed by atoms with Crippen molar-refractivity contribution >= 4 is 11.4 Å². The van der Waals surface area contributed by atoms with Gasteiger partial charge in [-0.2, -0.15) is 0 Å². The number of benzene rings is 2. The molecule has 0 aromatic heterocycles. The number of non-ortho nitro benzene ring substituents is 2. The van der Waals surface area contributed by atoms with Crippen LogP contribution in [0.15, 0.2) is 48.5 Å². The number of nitro benzene ring substituents is 2. The molecule has 2 N–H and O–H groups in total. The van der Waals surface area contributed by atoms with Crippen LogP contribution in [-0.4, -0.2) is 40.3 Å². The zero-order valence-electron chi connectivity index (χ0n) is 14.7. The monoisotopic (exact) mass is 388 g/mol. The summed E-state index contributed by atoms with van der Waals surface area (Å²) in [5.74, 6) is 0. The van der Waals surface area contributed by atoms with Crippen LogP contribution in [0, 0.1) is 20.2 Å². The van der Waals surface area contributed by atoms with Crippen molar-refractivity contribution in [3.8, 4) is 0 Å². The van der Waals surface area contributed by atoms with Gasteiger partial charge in [-0.3, -0.25) is 25.1 Å². The summed E-state index contributed by atoms with van der Waals surface area (Å²) in [5.41, 5.74) is 0.755. The molecule has 0 bridgehead atoms. The van der Waals surface area contributed by atoms with E-state index in [1.807, 2.05) is 0 Å². The molecule has 2 atom stereocenters. The number of ether oxygens (including phenoxy) is 2. The molecule has 2 aromatic rings. The molecule has 146 valence electrons. The van der Waals surface area contributed by atoms with Crippen molar-refractivity contribution < 1.29 is 29.3 Å². The molecule has 0 saturated carbocycles. The smallest absolute Gasteiger partial charge is 0.269 e. The Labute approximate surface area is 159 Å². The highest BCUT2D eigenvalue weighted by Crippen LogP contribution is 2.32. The fourth-order valence-electron chi connectivity index (χ4n) is 3.84. The summed E-state index contributed by atoms with van der Waals surface area (Å²) in [7, 11) is 0. The lowest BCUT2D eigenvalue weighted by Gasteiger charge is -2.29. The summed E-state index contributed by atoms with van der Waals surface area (Å²) in [4.78, 5) is 21.7. The van der Waals surface area contributed by atoms with Gasteiger partial charge < -0.3 is 14.6 Å². The molecule has 4 rings (SSSR count). The number of hydrogen-bond donors (Lipinski definition) is 2. The van der Waals surface area contributed by atoms with Gasteiger partial charge in [-0.1, -0.05) is 0 Å². The summed E-state index contributed by atoms with van der Waals surface area (Å²) in [6.07, 6.45) is -0.980. The summed E-state index contributed by atoms with van der Waals surface area (Å²) in [5, 5.41) is 31.8. The third kappa shape index (κ3) is 2.92. The van der Waals surface area contributed by atoms with E-state index in [9.17, 15) is 25.3 Å². The summed E-state index contributed by atoms with van der Waals surface area (Å²) >= 11 is 0. The zero-order chi connectivity index (χ0) is 19.9. The Balaban J connectivity index is 1.67. The lowest BCUT2D eigenvalue weighted by molar-refractivity contribution is -1.00. The number of rotatable bonds is 5. The fraction of sp³-hybridized carbons (Fsp3) is 0.333. The minimum absolute atomic E-state index is 0.0187. The summed E-state index contributed by atoms with van der Waals surface area (Å²) < 4.78 is 11.9. The van der Waals surface area contributed by atoms with Gasteiger partial charge in [-0.25, -0.2) is 0 Å². The predicted molar refractivity (Wildman–Crippen MR) is 94.4 cm³/mol. The van der Waals surface area contributed by atoms with Crippen molar-refractivity contribution in [2.24, 2.45) is 0 Å². The molecule has 2 aliphatic rings. The number of hydrogen-bond acceptors (Lipinski definition) is 7. The van der Waals surface area contributed by atoms with Crippen molar-refractivity contribution in [1.29, 1.82) is 0 Å². The standard InChI is InChI=1S/C18H17N3O7/c22-9-18-10-27-16(12-1-5-14(6-2-12)20(23)24)19(18)17(28-11-18)13-3-7-15(8-4-13)21(25)26/h1-8,16-17,22H,9-11H2/p+1/t16-,17-/m1/s1. The van der Waals surface area contributed by atoms with Gasteiger partial charge in [0.15, 0.2) is 5.54 Å². The molecular weight excluding hydrogens is 370 g/mol. The molecule has 0 radical (unpaired) electrons. The number of aliphatic hydroxyl groups is 1. The minimum atomic E-state index is -0.668. The summed E-state index contributed by atoms with van der Waals surface area (Å²) in [6.45, 7) is 0.378. The van der Waals surface area contributed by atoms with Crippen LogP contribution in [0.3, 0.4) is 0 Å². The van der Waals surface area contributed by atoms with E-state index in [1.165, 1.54) is 24.3 Å². The Bertz CT molecular complexity index is 831. The van der Waals surface area contributed by atoms with E-state index in [2.05, 4.69) is 0 Å². The van der Waals surface area contributed by atoms with Crippen molar-refractivity contribution in [3.63, 3.8) is 0 Å². The Morgan fingerprint density at radius 3 is 1.61 bits per heavy atom. The first kappa shape index (κ1) is 18.4. The Morgan fingerprint density at radius 1 is 0.893 bits per heavy atom. The SMILES string of the molecule is O=[N+]([O-])c1ccc([C@H]2OCC3(CO)CO[C@H](c4ccc([N+](=O)[O-])cc4)[NH+]23)cc1. The second kappa shape index (κ2) is 6.91. The molecule has 0 spiro atoms. The molecule has 28 heavy (non-hydrogen) atoms. The molecule has 0 amide bonds. The number of aliphatic hydroxyl groups excluding tert-OH is 1. The van der Waals surface area contributed by atoms with E-state index in [1.54, 1.807) is 24.3 Å². The predicted octanol–water partition coefficient (Wildman–Crippen LogP) is 0.877. The van der Waals surface area contributed by atoms with Gasteiger partial charge in [-0.15, -0.1) is 0 Å². The second-order valence-electron chi connectivity index (χ2n) is 6.97. The van der Waals surface area contributed by atoms with Gasteiger partial charge >= 0.3 is 0 Å². The van der Waals surface area contributed by atoms with Gasteiger partial charge in [0.2, 0.25) is 12.5 Å². The second-order valence-corrected chi connectivity index (χ2v) is 6.97. The number of nitrogens with zero attached hydrogens (tertiary/aromatic N) is 2. The largest absolute Gasteiger partial charge is 0.390 e. The van der Waals surface area contributed by atoms with Crippen LogP contribution >= 0.6 is 0 Å². The van der Waals surface area contributed by atoms with Gasteiger partial charge in [-0.05, 0) is 24.3 Å². The van der Waals surface area contributed by atoms with Crippen LogP contribution in [0.25, 0.3) is 0 Å². The van der Waals surface area contributed by atoms with Gasteiger partial charge in [0.25, 0.3) is 11.4 Å². The Morgan fingerprint density at radius 2 is 1.29 bits per heavy atom. The van der Waals surface area contributed by atoms with Crippen LogP contribution in [-0.2, 0) is 9.47 Å². The molecule has 0 unspecified atom stereocenters. The lowest BCUT2D eigenvalue weighted by Crippen LogP contribution is -3.17. The van der Waals surface area contributed by atoms with E-state index >= 15 is 0 Å². The van der Waals surface area contributed by atoms with Crippen molar-refractivity contribution in [3.05, 3.63) is 79.9 Å². The lowest BCUT2D eigenvalue weighted by atomic mass is 10.0. The summed E-state index contributed by atoms with van der Waals surface area (Å²) in [6, 6.07) is 12.2. The number of nitrogens with one attached hydrogen (secondary N) is 1. The maximum atomic E-state index is 10.9. The number of quaternary nitrogens is 1. The number of fused-ring (bicyclic) bond motifs is 1. The van der Waals surface area contributed by atoms with E-state index in [0.717, 1.165) is 16.0 Å².